The van der Waals surface area contributed by atoms with Gasteiger partial charge in [0.05, 0.1) is 5.69 Å². The SMILES string of the molecule is CCc1[nH]c(=O)[nH]c1-c1cccc(O)c1. The van der Waals surface area contributed by atoms with Crippen LogP contribution in [0.4, 0.5) is 0 Å². The summed E-state index contributed by atoms with van der Waals surface area (Å²) in [6.07, 6.45) is 0.740. The number of benzene rings is 1. The van der Waals surface area contributed by atoms with Crippen molar-refractivity contribution in [3.05, 3.63) is 40.4 Å². The smallest absolute Gasteiger partial charge is 0.323 e. The molecule has 0 saturated carbocycles. The second-order valence-corrected chi connectivity index (χ2v) is 3.34. The Balaban J connectivity index is 2.57. The van der Waals surface area contributed by atoms with Crippen LogP contribution in [0.2, 0.25) is 0 Å². The van der Waals surface area contributed by atoms with E-state index in [4.69, 9.17) is 0 Å². The van der Waals surface area contributed by atoms with E-state index in [1.807, 2.05) is 13.0 Å². The van der Waals surface area contributed by atoms with E-state index in [0.717, 1.165) is 23.4 Å². The van der Waals surface area contributed by atoms with Crippen molar-refractivity contribution < 1.29 is 5.11 Å². The highest BCUT2D eigenvalue weighted by atomic mass is 16.3. The normalized spacial score (nSPS) is 10.5. The van der Waals surface area contributed by atoms with Crippen LogP contribution in [-0.4, -0.2) is 15.1 Å². The Labute approximate surface area is 86.6 Å². The first-order chi connectivity index (χ1) is 7.20. The average Bonchev–Trinajstić information content (AvgIpc) is 2.59. The molecule has 0 radical (unpaired) electrons. The molecule has 78 valence electrons. The zero-order chi connectivity index (χ0) is 10.8. The summed E-state index contributed by atoms with van der Waals surface area (Å²) >= 11 is 0. The van der Waals surface area contributed by atoms with Crippen molar-refractivity contribution in [1.29, 1.82) is 0 Å². The van der Waals surface area contributed by atoms with E-state index in [9.17, 15) is 9.90 Å². The van der Waals surface area contributed by atoms with Crippen LogP contribution in [0, 0.1) is 0 Å². The zero-order valence-corrected chi connectivity index (χ0v) is 8.37. The number of hydrogen-bond donors (Lipinski definition) is 3. The number of hydrogen-bond acceptors (Lipinski definition) is 2. The standard InChI is InChI=1S/C11H12N2O2/c1-2-9-10(13-11(15)12-9)7-4-3-5-8(14)6-7/h3-6,14H,2H2,1H3,(H2,12,13,15). The van der Waals surface area contributed by atoms with Gasteiger partial charge in [-0.1, -0.05) is 19.1 Å². The summed E-state index contributed by atoms with van der Waals surface area (Å²) < 4.78 is 0. The number of phenolic OH excluding ortho intramolecular Hbond substituents is 1. The summed E-state index contributed by atoms with van der Waals surface area (Å²) in [6.45, 7) is 1.96. The van der Waals surface area contributed by atoms with Gasteiger partial charge in [-0.3, -0.25) is 0 Å². The summed E-state index contributed by atoms with van der Waals surface area (Å²) in [6, 6.07) is 6.81. The van der Waals surface area contributed by atoms with E-state index in [2.05, 4.69) is 9.97 Å². The van der Waals surface area contributed by atoms with Gasteiger partial charge in [-0.2, -0.15) is 0 Å². The van der Waals surface area contributed by atoms with Crippen LogP contribution >= 0.6 is 0 Å². The molecular formula is C11H12N2O2. The fourth-order valence-corrected chi connectivity index (χ4v) is 1.59. The lowest BCUT2D eigenvalue weighted by Crippen LogP contribution is -2.00. The van der Waals surface area contributed by atoms with Gasteiger partial charge in [0, 0.05) is 11.3 Å². The molecule has 0 fully saturated rings. The van der Waals surface area contributed by atoms with Gasteiger partial charge in [0.1, 0.15) is 5.75 Å². The minimum atomic E-state index is -0.217. The van der Waals surface area contributed by atoms with E-state index >= 15 is 0 Å². The Hall–Kier alpha value is -1.97. The Morgan fingerprint density at radius 2 is 2.13 bits per heavy atom. The third-order valence-electron chi connectivity index (χ3n) is 2.29. The molecule has 2 aromatic rings. The minimum absolute atomic E-state index is 0.191. The molecule has 15 heavy (non-hydrogen) atoms. The van der Waals surface area contributed by atoms with E-state index < -0.39 is 0 Å². The highest BCUT2D eigenvalue weighted by Crippen LogP contribution is 2.22. The minimum Gasteiger partial charge on any atom is -0.508 e. The van der Waals surface area contributed by atoms with Gasteiger partial charge >= 0.3 is 5.69 Å². The maximum absolute atomic E-state index is 11.2. The molecule has 0 aliphatic heterocycles. The maximum atomic E-state index is 11.2. The molecule has 1 heterocycles. The number of rotatable bonds is 2. The van der Waals surface area contributed by atoms with Crippen molar-refractivity contribution in [3.8, 4) is 17.0 Å². The summed E-state index contributed by atoms with van der Waals surface area (Å²) in [5.74, 6) is 0.191. The van der Waals surface area contributed by atoms with Gasteiger partial charge in [0.15, 0.2) is 0 Å². The van der Waals surface area contributed by atoms with Crippen LogP contribution in [0.15, 0.2) is 29.1 Å². The lowest BCUT2D eigenvalue weighted by Gasteiger charge is -2.01. The van der Waals surface area contributed by atoms with E-state index in [1.165, 1.54) is 0 Å². The number of phenols is 1. The van der Waals surface area contributed by atoms with Gasteiger partial charge in [0.25, 0.3) is 0 Å². The number of aromatic hydroxyl groups is 1. The molecule has 2 rings (SSSR count). The van der Waals surface area contributed by atoms with Crippen LogP contribution in [0.1, 0.15) is 12.6 Å². The molecule has 1 aromatic heterocycles. The van der Waals surface area contributed by atoms with Gasteiger partial charge in [-0.05, 0) is 18.6 Å². The fourth-order valence-electron chi connectivity index (χ4n) is 1.59. The molecule has 0 saturated heterocycles. The van der Waals surface area contributed by atoms with Gasteiger partial charge < -0.3 is 15.1 Å². The first-order valence-electron chi connectivity index (χ1n) is 4.81. The van der Waals surface area contributed by atoms with Gasteiger partial charge in [-0.25, -0.2) is 4.79 Å². The summed E-state index contributed by atoms with van der Waals surface area (Å²) in [5, 5.41) is 9.34. The predicted octanol–water partition coefficient (Wildman–Crippen LogP) is 1.64. The van der Waals surface area contributed by atoms with E-state index in [-0.39, 0.29) is 11.4 Å². The first kappa shape index (κ1) is 9.58. The Morgan fingerprint density at radius 1 is 1.33 bits per heavy atom. The van der Waals surface area contributed by atoms with Crippen molar-refractivity contribution >= 4 is 0 Å². The Bertz CT molecular complexity index is 525. The lowest BCUT2D eigenvalue weighted by molar-refractivity contribution is 0.475. The van der Waals surface area contributed by atoms with Crippen molar-refractivity contribution in [2.24, 2.45) is 0 Å². The topological polar surface area (TPSA) is 68.9 Å². The van der Waals surface area contributed by atoms with Gasteiger partial charge in [-0.15, -0.1) is 0 Å². The van der Waals surface area contributed by atoms with Crippen LogP contribution < -0.4 is 5.69 Å². The van der Waals surface area contributed by atoms with E-state index in [0.29, 0.717) is 0 Å². The first-order valence-corrected chi connectivity index (χ1v) is 4.81. The predicted molar refractivity (Wildman–Crippen MR) is 57.9 cm³/mol. The number of H-pyrrole nitrogens is 2. The van der Waals surface area contributed by atoms with Crippen LogP contribution in [0.3, 0.4) is 0 Å². The van der Waals surface area contributed by atoms with Crippen LogP contribution in [-0.2, 0) is 6.42 Å². The highest BCUT2D eigenvalue weighted by molar-refractivity contribution is 5.63. The lowest BCUT2D eigenvalue weighted by atomic mass is 10.1. The molecule has 0 spiro atoms. The molecule has 4 heteroatoms. The Morgan fingerprint density at radius 3 is 2.80 bits per heavy atom. The van der Waals surface area contributed by atoms with Crippen molar-refractivity contribution in [1.82, 2.24) is 9.97 Å². The van der Waals surface area contributed by atoms with E-state index in [1.54, 1.807) is 18.2 Å². The van der Waals surface area contributed by atoms with Crippen LogP contribution in [0.5, 0.6) is 5.75 Å². The number of imidazole rings is 1. The summed E-state index contributed by atoms with van der Waals surface area (Å²) in [4.78, 5) is 16.6. The van der Waals surface area contributed by atoms with Crippen molar-refractivity contribution in [2.45, 2.75) is 13.3 Å². The molecule has 0 aliphatic carbocycles. The molecule has 3 N–H and O–H groups in total. The number of aromatic amines is 2. The van der Waals surface area contributed by atoms with Gasteiger partial charge in [0.2, 0.25) is 0 Å². The fraction of sp³-hybridized carbons (Fsp3) is 0.182. The average molecular weight is 204 g/mol. The largest absolute Gasteiger partial charge is 0.508 e. The zero-order valence-electron chi connectivity index (χ0n) is 8.37. The van der Waals surface area contributed by atoms with Crippen molar-refractivity contribution in [3.63, 3.8) is 0 Å². The maximum Gasteiger partial charge on any atom is 0.323 e. The van der Waals surface area contributed by atoms with Crippen molar-refractivity contribution in [2.75, 3.05) is 0 Å². The third-order valence-corrected chi connectivity index (χ3v) is 2.29. The third kappa shape index (κ3) is 1.79. The molecule has 4 nitrogen and oxygen atoms in total. The molecule has 0 amide bonds. The molecule has 0 bridgehead atoms. The quantitative estimate of drug-likeness (QED) is 0.696. The van der Waals surface area contributed by atoms with Crippen LogP contribution in [0.25, 0.3) is 11.3 Å². The highest BCUT2D eigenvalue weighted by Gasteiger charge is 2.07. The Kier molecular flexibility index (Phi) is 2.33. The molecule has 1 aromatic carbocycles. The number of nitrogens with one attached hydrogen (secondary N) is 2. The number of aryl methyl sites for hydroxylation is 1. The second-order valence-electron chi connectivity index (χ2n) is 3.34. The number of aromatic nitrogens is 2. The summed E-state index contributed by atoms with van der Waals surface area (Å²) in [7, 11) is 0. The molecule has 0 unspecified atom stereocenters. The molecule has 0 aliphatic rings. The second kappa shape index (κ2) is 3.65. The summed E-state index contributed by atoms with van der Waals surface area (Å²) in [5.41, 5.74) is 2.19. The molecule has 0 atom stereocenters. The molecular weight excluding hydrogens is 192 g/mol. The monoisotopic (exact) mass is 204 g/mol.